The predicted octanol–water partition coefficient (Wildman–Crippen LogP) is 1.79. The Morgan fingerprint density at radius 2 is 1.92 bits per heavy atom. The molecule has 0 spiro atoms. The van der Waals surface area contributed by atoms with Crippen molar-refractivity contribution in [1.82, 2.24) is 14.8 Å². The summed E-state index contributed by atoms with van der Waals surface area (Å²) in [6, 6.07) is 6.66. The molecule has 0 aliphatic rings. The fourth-order valence-corrected chi connectivity index (χ4v) is 3.59. The van der Waals surface area contributed by atoms with Crippen LogP contribution in [0.15, 0.2) is 33.7 Å². The molecule has 0 aliphatic carbocycles. The Balaban J connectivity index is 2.01. The van der Waals surface area contributed by atoms with Crippen molar-refractivity contribution in [2.45, 2.75) is 38.1 Å². The van der Waals surface area contributed by atoms with E-state index in [4.69, 9.17) is 4.52 Å². The standard InChI is InChI=1S/C17H23N3O4S/c1-12-15(13(2)24-19-12)9-10-17(21)18-11-14-7-5-6-8-16(14)25(22,23)20(3)4/h5-8H,9-11H2,1-4H3,(H,18,21). The Morgan fingerprint density at radius 1 is 1.24 bits per heavy atom. The van der Waals surface area contributed by atoms with Gasteiger partial charge in [0, 0.05) is 32.6 Å². The Morgan fingerprint density at radius 3 is 2.52 bits per heavy atom. The molecular formula is C17H23N3O4S. The lowest BCUT2D eigenvalue weighted by Crippen LogP contribution is -2.27. The molecule has 0 atom stereocenters. The summed E-state index contributed by atoms with van der Waals surface area (Å²) in [5, 5.41) is 6.64. The van der Waals surface area contributed by atoms with Crippen LogP contribution in [0, 0.1) is 13.8 Å². The van der Waals surface area contributed by atoms with Crippen molar-refractivity contribution in [3.05, 3.63) is 46.8 Å². The van der Waals surface area contributed by atoms with E-state index in [0.717, 1.165) is 15.6 Å². The van der Waals surface area contributed by atoms with E-state index < -0.39 is 10.0 Å². The largest absolute Gasteiger partial charge is 0.361 e. The molecule has 1 amide bonds. The second kappa shape index (κ2) is 7.79. The molecule has 136 valence electrons. The monoisotopic (exact) mass is 365 g/mol. The molecule has 1 aromatic heterocycles. The third kappa shape index (κ3) is 4.46. The topological polar surface area (TPSA) is 92.5 Å². The molecule has 1 N–H and O–H groups in total. The number of nitrogens with zero attached hydrogens (tertiary/aromatic N) is 2. The number of amides is 1. The van der Waals surface area contributed by atoms with Gasteiger partial charge in [0.2, 0.25) is 15.9 Å². The van der Waals surface area contributed by atoms with Crippen LogP contribution in [0.3, 0.4) is 0 Å². The highest BCUT2D eigenvalue weighted by Gasteiger charge is 2.20. The maximum absolute atomic E-state index is 12.3. The van der Waals surface area contributed by atoms with Crippen LogP contribution in [0.5, 0.6) is 0 Å². The van der Waals surface area contributed by atoms with Crippen LogP contribution in [-0.4, -0.2) is 37.9 Å². The predicted molar refractivity (Wildman–Crippen MR) is 93.5 cm³/mol. The minimum atomic E-state index is -3.55. The molecule has 0 saturated carbocycles. The highest BCUT2D eigenvalue weighted by molar-refractivity contribution is 7.89. The second-order valence-corrected chi connectivity index (χ2v) is 8.09. The molecule has 25 heavy (non-hydrogen) atoms. The quantitative estimate of drug-likeness (QED) is 0.807. The summed E-state index contributed by atoms with van der Waals surface area (Å²) >= 11 is 0. The molecule has 7 nitrogen and oxygen atoms in total. The van der Waals surface area contributed by atoms with Gasteiger partial charge in [0.05, 0.1) is 10.6 Å². The van der Waals surface area contributed by atoms with Crippen molar-refractivity contribution in [3.63, 3.8) is 0 Å². The van der Waals surface area contributed by atoms with E-state index in [1.807, 2.05) is 13.8 Å². The fraction of sp³-hybridized carbons (Fsp3) is 0.412. The van der Waals surface area contributed by atoms with Crippen LogP contribution in [0.25, 0.3) is 0 Å². The minimum Gasteiger partial charge on any atom is -0.361 e. The summed E-state index contributed by atoms with van der Waals surface area (Å²) in [5.41, 5.74) is 2.28. The average molecular weight is 365 g/mol. The highest BCUT2D eigenvalue weighted by atomic mass is 32.2. The number of aryl methyl sites for hydroxylation is 2. The molecule has 8 heteroatoms. The maximum atomic E-state index is 12.3. The fourth-order valence-electron chi connectivity index (χ4n) is 2.48. The number of aromatic nitrogens is 1. The van der Waals surface area contributed by atoms with Crippen molar-refractivity contribution in [2.75, 3.05) is 14.1 Å². The van der Waals surface area contributed by atoms with Crippen molar-refractivity contribution < 1.29 is 17.7 Å². The van der Waals surface area contributed by atoms with E-state index in [0.29, 0.717) is 17.7 Å². The summed E-state index contributed by atoms with van der Waals surface area (Å²) in [6.07, 6.45) is 0.816. The number of sulfonamides is 1. The molecule has 0 unspecified atom stereocenters. The van der Waals surface area contributed by atoms with Gasteiger partial charge in [-0.05, 0) is 31.9 Å². The zero-order chi connectivity index (χ0) is 18.6. The normalized spacial score (nSPS) is 11.7. The first kappa shape index (κ1) is 19.1. The van der Waals surface area contributed by atoms with E-state index in [1.165, 1.54) is 14.1 Å². The van der Waals surface area contributed by atoms with Gasteiger partial charge < -0.3 is 9.84 Å². The van der Waals surface area contributed by atoms with Crippen molar-refractivity contribution in [2.24, 2.45) is 0 Å². The number of carbonyl (C=O) groups is 1. The Kier molecular flexibility index (Phi) is 5.97. The number of hydrogen-bond acceptors (Lipinski definition) is 5. The summed E-state index contributed by atoms with van der Waals surface area (Å²) in [4.78, 5) is 12.3. The van der Waals surface area contributed by atoms with Gasteiger partial charge in [-0.15, -0.1) is 0 Å². The van der Waals surface area contributed by atoms with Crippen molar-refractivity contribution in [3.8, 4) is 0 Å². The van der Waals surface area contributed by atoms with Crippen LogP contribution in [0.4, 0.5) is 0 Å². The van der Waals surface area contributed by atoms with E-state index in [2.05, 4.69) is 10.5 Å². The zero-order valence-electron chi connectivity index (χ0n) is 14.9. The first-order chi connectivity index (χ1) is 11.7. The van der Waals surface area contributed by atoms with Gasteiger partial charge in [-0.25, -0.2) is 12.7 Å². The maximum Gasteiger partial charge on any atom is 0.242 e. The molecule has 2 aromatic rings. The lowest BCUT2D eigenvalue weighted by molar-refractivity contribution is -0.121. The number of rotatable bonds is 7. The van der Waals surface area contributed by atoms with Crippen LogP contribution >= 0.6 is 0 Å². The smallest absolute Gasteiger partial charge is 0.242 e. The molecule has 0 saturated heterocycles. The summed E-state index contributed by atoms with van der Waals surface area (Å²) in [5.74, 6) is 0.560. The van der Waals surface area contributed by atoms with Gasteiger partial charge in [-0.2, -0.15) is 0 Å². The van der Waals surface area contributed by atoms with Gasteiger partial charge in [-0.1, -0.05) is 23.4 Å². The Bertz CT molecular complexity index is 837. The van der Waals surface area contributed by atoms with Gasteiger partial charge >= 0.3 is 0 Å². The first-order valence-electron chi connectivity index (χ1n) is 7.92. The first-order valence-corrected chi connectivity index (χ1v) is 9.36. The summed E-state index contributed by atoms with van der Waals surface area (Å²) < 4.78 is 30.9. The van der Waals surface area contributed by atoms with Gasteiger partial charge in [0.25, 0.3) is 0 Å². The molecule has 2 rings (SSSR count). The van der Waals surface area contributed by atoms with Gasteiger partial charge in [0.1, 0.15) is 5.76 Å². The Labute approximate surface area is 148 Å². The Hall–Kier alpha value is -2.19. The lowest BCUT2D eigenvalue weighted by Gasteiger charge is -2.15. The van der Waals surface area contributed by atoms with Gasteiger partial charge in [0.15, 0.2) is 0 Å². The number of nitrogens with one attached hydrogen (secondary N) is 1. The highest BCUT2D eigenvalue weighted by Crippen LogP contribution is 2.18. The third-order valence-corrected chi connectivity index (χ3v) is 5.91. The third-order valence-electron chi connectivity index (χ3n) is 3.99. The number of benzene rings is 1. The molecule has 0 bridgehead atoms. The molecule has 0 aliphatic heterocycles. The van der Waals surface area contributed by atoms with E-state index >= 15 is 0 Å². The second-order valence-electron chi connectivity index (χ2n) is 5.97. The molecule has 0 fully saturated rings. The van der Waals surface area contributed by atoms with Crippen molar-refractivity contribution >= 4 is 15.9 Å². The molecule has 1 heterocycles. The average Bonchev–Trinajstić information content (AvgIpc) is 2.89. The van der Waals surface area contributed by atoms with Crippen LogP contribution in [-0.2, 0) is 27.8 Å². The van der Waals surface area contributed by atoms with E-state index in [-0.39, 0.29) is 23.8 Å². The van der Waals surface area contributed by atoms with Gasteiger partial charge in [-0.3, -0.25) is 4.79 Å². The number of carbonyl (C=O) groups excluding carboxylic acids is 1. The van der Waals surface area contributed by atoms with Crippen LogP contribution in [0.1, 0.15) is 29.0 Å². The summed E-state index contributed by atoms with van der Waals surface area (Å²) in [7, 11) is -0.592. The van der Waals surface area contributed by atoms with Crippen LogP contribution in [0.2, 0.25) is 0 Å². The zero-order valence-corrected chi connectivity index (χ0v) is 15.7. The SMILES string of the molecule is Cc1noc(C)c1CCC(=O)NCc1ccccc1S(=O)(=O)N(C)C. The number of hydrogen-bond donors (Lipinski definition) is 1. The summed E-state index contributed by atoms with van der Waals surface area (Å²) in [6.45, 7) is 3.81. The van der Waals surface area contributed by atoms with Crippen molar-refractivity contribution in [1.29, 1.82) is 0 Å². The van der Waals surface area contributed by atoms with E-state index in [9.17, 15) is 13.2 Å². The minimum absolute atomic E-state index is 0.156. The van der Waals surface area contributed by atoms with E-state index in [1.54, 1.807) is 24.3 Å². The molecule has 1 aromatic carbocycles. The lowest BCUT2D eigenvalue weighted by atomic mass is 10.1. The van der Waals surface area contributed by atoms with Crippen LogP contribution < -0.4 is 5.32 Å². The molecule has 0 radical (unpaired) electrons. The molecular weight excluding hydrogens is 342 g/mol.